The highest BCUT2D eigenvalue weighted by Crippen LogP contribution is 2.35. The molecule has 2 aliphatic rings. The van der Waals surface area contributed by atoms with E-state index in [-0.39, 0.29) is 0 Å². The number of aliphatic hydroxyl groups is 1. The molecule has 3 heteroatoms. The molecule has 0 bridgehead atoms. The molecule has 0 aromatic heterocycles. The third kappa shape index (κ3) is 3.85. The van der Waals surface area contributed by atoms with Gasteiger partial charge in [0.05, 0.1) is 0 Å². The maximum atomic E-state index is 9.23. The average molecular weight is 288 g/mol. The second kappa shape index (κ2) is 6.91. The summed E-state index contributed by atoms with van der Waals surface area (Å²) in [6.07, 6.45) is 4.82. The summed E-state index contributed by atoms with van der Waals surface area (Å²) in [5.74, 6) is 0.817. The lowest BCUT2D eigenvalue weighted by Crippen LogP contribution is -2.42. The Kier molecular flexibility index (Phi) is 4.94. The third-order valence-electron chi connectivity index (χ3n) is 5.13. The Bertz CT molecular complexity index is 432. The van der Waals surface area contributed by atoms with Gasteiger partial charge in [0.15, 0.2) is 0 Å². The predicted molar refractivity (Wildman–Crippen MR) is 86.2 cm³/mol. The molecule has 1 heterocycles. The molecule has 2 N–H and O–H groups in total. The Morgan fingerprint density at radius 3 is 2.67 bits per heavy atom. The van der Waals surface area contributed by atoms with Gasteiger partial charge in [-0.3, -0.25) is 4.90 Å². The minimum atomic E-state index is 0.311. The first kappa shape index (κ1) is 15.0. The van der Waals surface area contributed by atoms with Gasteiger partial charge >= 0.3 is 0 Å². The summed E-state index contributed by atoms with van der Waals surface area (Å²) in [6, 6.07) is 12.4. The van der Waals surface area contributed by atoms with Gasteiger partial charge in [-0.05, 0) is 44.1 Å². The highest BCUT2D eigenvalue weighted by Gasteiger charge is 2.34. The van der Waals surface area contributed by atoms with E-state index in [0.717, 1.165) is 18.9 Å². The van der Waals surface area contributed by atoms with Crippen LogP contribution < -0.4 is 5.32 Å². The van der Waals surface area contributed by atoms with Crippen molar-refractivity contribution in [3.63, 3.8) is 0 Å². The van der Waals surface area contributed by atoms with Gasteiger partial charge in [-0.1, -0.05) is 30.3 Å². The molecule has 2 fully saturated rings. The molecule has 1 aromatic carbocycles. The van der Waals surface area contributed by atoms with Crippen LogP contribution in [0.3, 0.4) is 0 Å². The maximum absolute atomic E-state index is 9.23. The predicted octanol–water partition coefficient (Wildman–Crippen LogP) is 2.57. The van der Waals surface area contributed by atoms with Crippen LogP contribution >= 0.6 is 0 Å². The van der Waals surface area contributed by atoms with Gasteiger partial charge in [0.25, 0.3) is 0 Å². The van der Waals surface area contributed by atoms with Crippen LogP contribution in [-0.2, 0) is 0 Å². The first-order valence-corrected chi connectivity index (χ1v) is 8.44. The lowest BCUT2D eigenvalue weighted by Gasteiger charge is -2.26. The van der Waals surface area contributed by atoms with Gasteiger partial charge in [-0.2, -0.15) is 0 Å². The third-order valence-corrected chi connectivity index (χ3v) is 5.13. The molecule has 0 radical (unpaired) electrons. The molecule has 3 unspecified atom stereocenters. The average Bonchev–Trinajstić information content (AvgIpc) is 3.27. The number of hydrogen-bond donors (Lipinski definition) is 2. The number of benzene rings is 1. The zero-order chi connectivity index (χ0) is 14.7. The molecule has 116 valence electrons. The van der Waals surface area contributed by atoms with Gasteiger partial charge in [-0.15, -0.1) is 0 Å². The van der Waals surface area contributed by atoms with E-state index in [1.165, 1.54) is 31.4 Å². The topological polar surface area (TPSA) is 35.5 Å². The minimum Gasteiger partial charge on any atom is -0.396 e. The van der Waals surface area contributed by atoms with E-state index in [9.17, 15) is 5.11 Å². The number of likely N-dealkylation sites (tertiary alicyclic amines) is 1. The van der Waals surface area contributed by atoms with Gasteiger partial charge in [0.1, 0.15) is 0 Å². The first-order chi connectivity index (χ1) is 10.3. The van der Waals surface area contributed by atoms with E-state index in [2.05, 4.69) is 47.5 Å². The molecule has 1 aliphatic heterocycles. The quantitative estimate of drug-likeness (QED) is 0.809. The number of nitrogens with one attached hydrogen (secondary N) is 1. The van der Waals surface area contributed by atoms with Gasteiger partial charge in [0, 0.05) is 37.8 Å². The molecule has 3 rings (SSSR count). The van der Waals surface area contributed by atoms with E-state index in [4.69, 9.17) is 0 Å². The molecule has 3 nitrogen and oxygen atoms in total. The van der Waals surface area contributed by atoms with Crippen molar-refractivity contribution in [2.45, 2.75) is 50.7 Å². The molecular formula is C18H28N2O. The Hall–Kier alpha value is -0.900. The molecule has 1 saturated carbocycles. The number of nitrogens with zero attached hydrogens (tertiary/aromatic N) is 1. The van der Waals surface area contributed by atoms with Crippen LogP contribution in [0.15, 0.2) is 30.3 Å². The van der Waals surface area contributed by atoms with Crippen LogP contribution in [0.4, 0.5) is 0 Å². The van der Waals surface area contributed by atoms with Crippen molar-refractivity contribution in [2.75, 3.05) is 19.7 Å². The summed E-state index contributed by atoms with van der Waals surface area (Å²) in [4.78, 5) is 2.58. The van der Waals surface area contributed by atoms with E-state index >= 15 is 0 Å². The Morgan fingerprint density at radius 2 is 2.00 bits per heavy atom. The van der Waals surface area contributed by atoms with Crippen molar-refractivity contribution in [3.8, 4) is 0 Å². The van der Waals surface area contributed by atoms with Crippen molar-refractivity contribution in [2.24, 2.45) is 5.92 Å². The van der Waals surface area contributed by atoms with Crippen LogP contribution in [0.5, 0.6) is 0 Å². The summed E-state index contributed by atoms with van der Waals surface area (Å²) in [5.41, 5.74) is 1.41. The van der Waals surface area contributed by atoms with Crippen molar-refractivity contribution < 1.29 is 5.11 Å². The minimum absolute atomic E-state index is 0.311. The zero-order valence-electron chi connectivity index (χ0n) is 13.0. The fourth-order valence-corrected chi connectivity index (χ4v) is 3.61. The van der Waals surface area contributed by atoms with Crippen LogP contribution in [0.1, 0.15) is 44.2 Å². The summed E-state index contributed by atoms with van der Waals surface area (Å²) >= 11 is 0. The Morgan fingerprint density at radius 1 is 1.24 bits per heavy atom. The Labute approximate surface area is 128 Å². The standard InChI is InChI=1S/C18H28N2O/c1-14(15-5-3-2-4-6-15)20-11-9-17(13-20)19-18(10-12-21)16-7-8-16/h2-6,14,16-19,21H,7-13H2,1H3. The maximum Gasteiger partial charge on any atom is 0.0445 e. The van der Waals surface area contributed by atoms with E-state index in [1.54, 1.807) is 0 Å². The fraction of sp³-hybridized carbons (Fsp3) is 0.667. The van der Waals surface area contributed by atoms with E-state index in [1.807, 2.05) is 0 Å². The zero-order valence-corrected chi connectivity index (χ0v) is 13.0. The van der Waals surface area contributed by atoms with Crippen molar-refractivity contribution in [1.82, 2.24) is 10.2 Å². The second-order valence-electron chi connectivity index (χ2n) is 6.69. The molecule has 3 atom stereocenters. The van der Waals surface area contributed by atoms with Crippen LogP contribution in [0.25, 0.3) is 0 Å². The first-order valence-electron chi connectivity index (χ1n) is 8.44. The van der Waals surface area contributed by atoms with Gasteiger partial charge < -0.3 is 10.4 Å². The molecular weight excluding hydrogens is 260 g/mol. The molecule has 1 aliphatic carbocycles. The van der Waals surface area contributed by atoms with Gasteiger partial charge in [-0.25, -0.2) is 0 Å². The normalized spacial score (nSPS) is 25.9. The highest BCUT2D eigenvalue weighted by molar-refractivity contribution is 5.18. The lowest BCUT2D eigenvalue weighted by atomic mass is 10.1. The van der Waals surface area contributed by atoms with Crippen LogP contribution in [0, 0.1) is 5.92 Å². The van der Waals surface area contributed by atoms with Crippen LogP contribution in [0.2, 0.25) is 0 Å². The number of hydrogen-bond acceptors (Lipinski definition) is 3. The number of aliphatic hydroxyl groups excluding tert-OH is 1. The lowest BCUT2D eigenvalue weighted by molar-refractivity contribution is 0.234. The van der Waals surface area contributed by atoms with Gasteiger partial charge in [0.2, 0.25) is 0 Å². The summed E-state index contributed by atoms with van der Waals surface area (Å²) in [5, 5.41) is 13.0. The molecule has 1 aromatic rings. The molecule has 0 amide bonds. The summed E-state index contributed by atoms with van der Waals surface area (Å²) in [7, 11) is 0. The molecule has 21 heavy (non-hydrogen) atoms. The van der Waals surface area contributed by atoms with Crippen molar-refractivity contribution in [3.05, 3.63) is 35.9 Å². The number of rotatable bonds is 7. The summed E-state index contributed by atoms with van der Waals surface area (Å²) < 4.78 is 0. The smallest absolute Gasteiger partial charge is 0.0445 e. The van der Waals surface area contributed by atoms with E-state index in [0.29, 0.717) is 24.7 Å². The van der Waals surface area contributed by atoms with Crippen molar-refractivity contribution in [1.29, 1.82) is 0 Å². The molecule has 1 saturated heterocycles. The molecule has 0 spiro atoms. The second-order valence-corrected chi connectivity index (χ2v) is 6.69. The highest BCUT2D eigenvalue weighted by atomic mass is 16.3. The van der Waals surface area contributed by atoms with Crippen molar-refractivity contribution >= 4 is 0 Å². The summed E-state index contributed by atoms with van der Waals surface area (Å²) in [6.45, 7) is 4.92. The fourth-order valence-electron chi connectivity index (χ4n) is 3.61. The monoisotopic (exact) mass is 288 g/mol. The SMILES string of the molecule is CC(c1ccccc1)N1CCC(NC(CCO)C2CC2)C1. The Balaban J connectivity index is 1.53. The largest absolute Gasteiger partial charge is 0.396 e. The van der Waals surface area contributed by atoms with Crippen LogP contribution in [-0.4, -0.2) is 41.8 Å². The van der Waals surface area contributed by atoms with E-state index < -0.39 is 0 Å².